The number of hydrogen-bond acceptors (Lipinski definition) is 5. The molecule has 3 heterocycles. The molecule has 3 saturated heterocycles. The molecule has 3 aliphatic heterocycles. The second kappa shape index (κ2) is 7.92. The number of likely N-dealkylation sites (tertiary alicyclic amines) is 1. The van der Waals surface area contributed by atoms with Crippen molar-refractivity contribution in [2.45, 2.75) is 44.2 Å². The van der Waals surface area contributed by atoms with Gasteiger partial charge in [-0.3, -0.25) is 9.69 Å². The smallest absolute Gasteiger partial charge is 0.222 e. The first kappa shape index (κ1) is 17.1. The molecule has 0 unspecified atom stereocenters. The number of piperidine rings is 1. The molecule has 6 heteroatoms. The number of ether oxygens (including phenoxy) is 2. The Labute approximate surface area is 139 Å². The van der Waals surface area contributed by atoms with Gasteiger partial charge in [-0.15, -0.1) is 0 Å². The van der Waals surface area contributed by atoms with Gasteiger partial charge in [-0.25, -0.2) is 0 Å². The molecular weight excluding hydrogens is 294 g/mol. The molecule has 0 saturated carbocycles. The molecule has 3 fully saturated rings. The van der Waals surface area contributed by atoms with Gasteiger partial charge in [0.2, 0.25) is 5.91 Å². The molecule has 6 nitrogen and oxygen atoms in total. The van der Waals surface area contributed by atoms with Gasteiger partial charge in [0.15, 0.2) is 0 Å². The lowest BCUT2D eigenvalue weighted by molar-refractivity contribution is -0.147. The quantitative estimate of drug-likeness (QED) is 0.817. The summed E-state index contributed by atoms with van der Waals surface area (Å²) in [6, 6.07) is 0.574. The Kier molecular flexibility index (Phi) is 5.91. The maximum Gasteiger partial charge on any atom is 0.222 e. The molecule has 3 aliphatic rings. The standard InChI is InChI=1S/C17H31N3O3/c1-2-3-16(21)19-7-4-15(5-8-19)20-9-11-23-17(13-20)12-18-6-10-22-14-17/h15,18H,2-14H2,1H3/t17-/m1/s1. The van der Waals surface area contributed by atoms with E-state index in [1.54, 1.807) is 0 Å². The molecule has 0 aromatic carbocycles. The normalized spacial score (nSPS) is 31.3. The van der Waals surface area contributed by atoms with Crippen molar-refractivity contribution in [2.24, 2.45) is 0 Å². The van der Waals surface area contributed by atoms with Crippen LogP contribution in [0.4, 0.5) is 0 Å². The van der Waals surface area contributed by atoms with Crippen LogP contribution in [0.2, 0.25) is 0 Å². The Hall–Kier alpha value is -0.690. The Bertz CT molecular complexity index is 389. The van der Waals surface area contributed by atoms with Crippen molar-refractivity contribution in [3.05, 3.63) is 0 Å². The number of nitrogens with zero attached hydrogens (tertiary/aromatic N) is 2. The Balaban J connectivity index is 1.52. The van der Waals surface area contributed by atoms with E-state index in [9.17, 15) is 4.79 Å². The topological polar surface area (TPSA) is 54.0 Å². The van der Waals surface area contributed by atoms with E-state index in [0.29, 0.717) is 25.0 Å². The Morgan fingerprint density at radius 3 is 2.87 bits per heavy atom. The minimum absolute atomic E-state index is 0.191. The van der Waals surface area contributed by atoms with E-state index in [4.69, 9.17) is 9.47 Å². The first-order valence-corrected chi connectivity index (χ1v) is 9.17. The summed E-state index contributed by atoms with van der Waals surface area (Å²) in [6.07, 6.45) is 3.80. The van der Waals surface area contributed by atoms with Crippen LogP contribution >= 0.6 is 0 Å². The summed E-state index contributed by atoms with van der Waals surface area (Å²) < 4.78 is 11.8. The van der Waals surface area contributed by atoms with Crippen molar-refractivity contribution < 1.29 is 14.3 Å². The van der Waals surface area contributed by atoms with Crippen molar-refractivity contribution in [1.29, 1.82) is 0 Å². The highest BCUT2D eigenvalue weighted by molar-refractivity contribution is 5.76. The summed E-state index contributed by atoms with van der Waals surface area (Å²) in [6.45, 7) is 9.82. The molecule has 1 amide bonds. The molecule has 0 aliphatic carbocycles. The largest absolute Gasteiger partial charge is 0.377 e. The zero-order chi connectivity index (χ0) is 16.1. The molecule has 0 aromatic heterocycles. The van der Waals surface area contributed by atoms with Gasteiger partial charge in [0.25, 0.3) is 0 Å². The zero-order valence-electron chi connectivity index (χ0n) is 14.4. The SMILES string of the molecule is CCCC(=O)N1CCC(N2CCO[C@]3(CNCCOC3)C2)CC1. The minimum atomic E-state index is -0.191. The first-order valence-electron chi connectivity index (χ1n) is 9.17. The lowest BCUT2D eigenvalue weighted by atomic mass is 9.97. The highest BCUT2D eigenvalue weighted by Crippen LogP contribution is 2.25. The third-order valence-electron chi connectivity index (χ3n) is 5.31. The van der Waals surface area contributed by atoms with E-state index in [1.165, 1.54) is 0 Å². The Morgan fingerprint density at radius 2 is 2.09 bits per heavy atom. The molecule has 132 valence electrons. The fraction of sp³-hybridized carbons (Fsp3) is 0.941. The maximum absolute atomic E-state index is 12.0. The molecule has 0 aromatic rings. The molecule has 0 radical (unpaired) electrons. The molecule has 3 rings (SSSR count). The second-order valence-corrected chi connectivity index (χ2v) is 7.09. The number of hydrogen-bond donors (Lipinski definition) is 1. The summed E-state index contributed by atoms with van der Waals surface area (Å²) in [7, 11) is 0. The molecule has 23 heavy (non-hydrogen) atoms. The van der Waals surface area contributed by atoms with Crippen molar-refractivity contribution in [3.8, 4) is 0 Å². The number of carbonyl (C=O) groups excluding carboxylic acids is 1. The number of rotatable bonds is 3. The number of morpholine rings is 1. The van der Waals surface area contributed by atoms with Crippen molar-refractivity contribution in [1.82, 2.24) is 15.1 Å². The van der Waals surface area contributed by atoms with Crippen LogP contribution in [0.1, 0.15) is 32.6 Å². The van der Waals surface area contributed by atoms with Gasteiger partial charge < -0.3 is 19.7 Å². The van der Waals surface area contributed by atoms with Gasteiger partial charge in [-0.05, 0) is 19.3 Å². The highest BCUT2D eigenvalue weighted by Gasteiger charge is 2.40. The zero-order valence-corrected chi connectivity index (χ0v) is 14.4. The average molecular weight is 325 g/mol. The summed E-state index contributed by atoms with van der Waals surface area (Å²) >= 11 is 0. The van der Waals surface area contributed by atoms with Crippen molar-refractivity contribution in [3.63, 3.8) is 0 Å². The van der Waals surface area contributed by atoms with Crippen molar-refractivity contribution >= 4 is 5.91 Å². The van der Waals surface area contributed by atoms with Crippen molar-refractivity contribution in [2.75, 3.05) is 59.1 Å². The Morgan fingerprint density at radius 1 is 1.26 bits per heavy atom. The average Bonchev–Trinajstić information content (AvgIpc) is 2.81. The lowest BCUT2D eigenvalue weighted by Crippen LogP contribution is -2.61. The molecule has 0 bridgehead atoms. The van der Waals surface area contributed by atoms with Crippen LogP contribution in [0.3, 0.4) is 0 Å². The van der Waals surface area contributed by atoms with E-state index in [2.05, 4.69) is 17.1 Å². The van der Waals surface area contributed by atoms with Gasteiger partial charge >= 0.3 is 0 Å². The third-order valence-corrected chi connectivity index (χ3v) is 5.31. The van der Waals surface area contributed by atoms with Gasteiger partial charge in [-0.2, -0.15) is 0 Å². The lowest BCUT2D eigenvalue weighted by Gasteiger charge is -2.47. The van der Waals surface area contributed by atoms with Crippen LogP contribution in [0.25, 0.3) is 0 Å². The van der Waals surface area contributed by atoms with Gasteiger partial charge in [0.1, 0.15) is 5.60 Å². The van der Waals surface area contributed by atoms with E-state index in [-0.39, 0.29) is 5.60 Å². The predicted octanol–water partition coefficient (Wildman–Crippen LogP) is 0.468. The second-order valence-electron chi connectivity index (χ2n) is 7.09. The van der Waals surface area contributed by atoms with Crippen LogP contribution < -0.4 is 5.32 Å². The van der Waals surface area contributed by atoms with E-state index in [1.807, 2.05) is 4.90 Å². The summed E-state index contributed by atoms with van der Waals surface area (Å²) in [5.41, 5.74) is -0.191. The summed E-state index contributed by atoms with van der Waals surface area (Å²) in [4.78, 5) is 16.6. The number of nitrogens with one attached hydrogen (secondary N) is 1. The molecule has 1 atom stereocenters. The first-order chi connectivity index (χ1) is 11.2. The fourth-order valence-electron chi connectivity index (χ4n) is 4.00. The van der Waals surface area contributed by atoms with Crippen LogP contribution in [0.15, 0.2) is 0 Å². The number of carbonyl (C=O) groups is 1. The van der Waals surface area contributed by atoms with E-state index >= 15 is 0 Å². The summed E-state index contributed by atoms with van der Waals surface area (Å²) in [5, 5.41) is 3.44. The molecule has 1 N–H and O–H groups in total. The fourth-order valence-corrected chi connectivity index (χ4v) is 4.00. The molecular formula is C17H31N3O3. The van der Waals surface area contributed by atoms with E-state index in [0.717, 1.165) is 71.7 Å². The van der Waals surface area contributed by atoms with Crippen LogP contribution in [0.5, 0.6) is 0 Å². The molecule has 1 spiro atoms. The highest BCUT2D eigenvalue weighted by atomic mass is 16.5. The van der Waals surface area contributed by atoms with E-state index < -0.39 is 0 Å². The van der Waals surface area contributed by atoms with Gasteiger partial charge in [0.05, 0.1) is 19.8 Å². The maximum atomic E-state index is 12.0. The van der Waals surface area contributed by atoms with Gasteiger partial charge in [-0.1, -0.05) is 6.92 Å². The van der Waals surface area contributed by atoms with Crippen LogP contribution in [-0.4, -0.2) is 86.4 Å². The third kappa shape index (κ3) is 4.24. The van der Waals surface area contributed by atoms with Crippen LogP contribution in [0, 0.1) is 0 Å². The van der Waals surface area contributed by atoms with Crippen LogP contribution in [-0.2, 0) is 14.3 Å². The van der Waals surface area contributed by atoms with Gasteiger partial charge in [0, 0.05) is 51.7 Å². The monoisotopic (exact) mass is 325 g/mol. The summed E-state index contributed by atoms with van der Waals surface area (Å²) in [5.74, 6) is 0.325. The predicted molar refractivity (Wildman–Crippen MR) is 88.5 cm³/mol. The number of amides is 1. The minimum Gasteiger partial charge on any atom is -0.377 e.